The molecule has 3 aromatic rings. The van der Waals surface area contributed by atoms with E-state index < -0.39 is 24.2 Å². The van der Waals surface area contributed by atoms with Crippen LogP contribution >= 0.6 is 0 Å². The summed E-state index contributed by atoms with van der Waals surface area (Å²) in [6, 6.07) is 3.23. The first-order valence-corrected chi connectivity index (χ1v) is 10.7. The van der Waals surface area contributed by atoms with Crippen LogP contribution in [0, 0.1) is 19.8 Å². The molecule has 0 spiro atoms. The van der Waals surface area contributed by atoms with E-state index in [1.54, 1.807) is 7.05 Å². The highest BCUT2D eigenvalue weighted by Gasteiger charge is 2.41. The zero-order valence-electron chi connectivity index (χ0n) is 18.6. The molecule has 0 aliphatic heterocycles. The monoisotopic (exact) mass is 443 g/mol. The van der Waals surface area contributed by atoms with Gasteiger partial charge in [-0.2, -0.15) is 4.98 Å². The number of ether oxygens (including phenoxy) is 1. The van der Waals surface area contributed by atoms with Crippen LogP contribution in [-0.2, 0) is 0 Å². The topological polar surface area (TPSA) is 146 Å². The smallest absolute Gasteiger partial charge is 0.224 e. The number of nitrogens with one attached hydrogen (secondary N) is 2. The number of anilines is 2. The normalized spacial score (nSPS) is 23.0. The standard InChI is InChI=1S/C22H29N5O5/c1-5-31-16-8-12-7-15(32-20(12)11(3)24-16)17-10(2)25-22(23-4)27-21(17)26-14-6-13(9-28)18(29)19(14)30/h7-8,13-14,18-19,28-30H,5-6,9H2,1-4H3,(H2,23,25,26,27)/t13-,14-,18-,19+/m1/s1. The van der Waals surface area contributed by atoms with E-state index in [0.717, 1.165) is 5.39 Å². The quantitative estimate of drug-likeness (QED) is 0.367. The number of hydrogen-bond donors (Lipinski definition) is 5. The van der Waals surface area contributed by atoms with E-state index in [4.69, 9.17) is 9.15 Å². The Labute approximate surface area is 185 Å². The predicted molar refractivity (Wildman–Crippen MR) is 120 cm³/mol. The van der Waals surface area contributed by atoms with E-state index in [1.165, 1.54) is 0 Å². The fourth-order valence-electron chi connectivity index (χ4n) is 4.23. The van der Waals surface area contributed by atoms with Gasteiger partial charge in [-0.3, -0.25) is 0 Å². The largest absolute Gasteiger partial charge is 0.478 e. The summed E-state index contributed by atoms with van der Waals surface area (Å²) < 4.78 is 11.7. The Bertz CT molecular complexity index is 1120. The van der Waals surface area contributed by atoms with Crippen LogP contribution in [0.5, 0.6) is 5.88 Å². The Morgan fingerprint density at radius 2 is 1.91 bits per heavy atom. The minimum absolute atomic E-state index is 0.203. The summed E-state index contributed by atoms with van der Waals surface area (Å²) >= 11 is 0. The second-order valence-corrected chi connectivity index (χ2v) is 8.02. The third-order valence-corrected chi connectivity index (χ3v) is 5.86. The van der Waals surface area contributed by atoms with Crippen LogP contribution in [0.15, 0.2) is 16.5 Å². The van der Waals surface area contributed by atoms with Crippen molar-refractivity contribution in [3.05, 3.63) is 23.5 Å². The molecule has 0 bridgehead atoms. The number of nitrogens with zero attached hydrogens (tertiary/aromatic N) is 3. The fraction of sp³-hybridized carbons (Fsp3) is 0.500. The third-order valence-electron chi connectivity index (χ3n) is 5.86. The lowest BCUT2D eigenvalue weighted by molar-refractivity contribution is 0.00446. The van der Waals surface area contributed by atoms with Crippen LogP contribution in [0.1, 0.15) is 24.7 Å². The first-order valence-electron chi connectivity index (χ1n) is 10.7. The average Bonchev–Trinajstić information content (AvgIpc) is 3.30. The number of rotatable bonds is 7. The number of aliphatic hydroxyl groups excluding tert-OH is 3. The molecule has 10 nitrogen and oxygen atoms in total. The van der Waals surface area contributed by atoms with Crippen LogP contribution in [0.2, 0.25) is 0 Å². The summed E-state index contributed by atoms with van der Waals surface area (Å²) in [7, 11) is 1.72. The van der Waals surface area contributed by atoms with Crippen molar-refractivity contribution >= 4 is 22.7 Å². The second kappa shape index (κ2) is 8.89. The molecular formula is C22H29N5O5. The zero-order chi connectivity index (χ0) is 23.0. The van der Waals surface area contributed by atoms with Crippen molar-refractivity contribution < 1.29 is 24.5 Å². The minimum Gasteiger partial charge on any atom is -0.478 e. The summed E-state index contributed by atoms with van der Waals surface area (Å²) in [4.78, 5) is 13.5. The van der Waals surface area contributed by atoms with Gasteiger partial charge in [0.25, 0.3) is 0 Å². The summed E-state index contributed by atoms with van der Waals surface area (Å²) in [5, 5.41) is 37.2. The van der Waals surface area contributed by atoms with Crippen molar-refractivity contribution in [3.63, 3.8) is 0 Å². The van der Waals surface area contributed by atoms with Crippen LogP contribution in [0.25, 0.3) is 22.3 Å². The molecule has 3 heterocycles. The highest BCUT2D eigenvalue weighted by Crippen LogP contribution is 2.38. The number of hydrogen-bond acceptors (Lipinski definition) is 10. The van der Waals surface area contributed by atoms with Gasteiger partial charge in [-0.25, -0.2) is 9.97 Å². The van der Waals surface area contributed by atoms with Gasteiger partial charge < -0.3 is 35.1 Å². The minimum atomic E-state index is -1.04. The summed E-state index contributed by atoms with van der Waals surface area (Å²) in [6.07, 6.45) is -1.65. The molecule has 4 rings (SSSR count). The van der Waals surface area contributed by atoms with Crippen molar-refractivity contribution in [2.45, 2.75) is 45.4 Å². The van der Waals surface area contributed by atoms with E-state index in [1.807, 2.05) is 32.9 Å². The molecule has 10 heteroatoms. The van der Waals surface area contributed by atoms with Gasteiger partial charge >= 0.3 is 0 Å². The highest BCUT2D eigenvalue weighted by molar-refractivity contribution is 5.88. The molecule has 3 aromatic heterocycles. The molecule has 5 N–H and O–H groups in total. The van der Waals surface area contributed by atoms with E-state index in [2.05, 4.69) is 25.6 Å². The molecule has 4 atom stereocenters. The van der Waals surface area contributed by atoms with E-state index >= 15 is 0 Å². The van der Waals surface area contributed by atoms with E-state index in [0.29, 0.717) is 59.0 Å². The van der Waals surface area contributed by atoms with Crippen LogP contribution in [-0.4, -0.2) is 68.8 Å². The lowest BCUT2D eigenvalue weighted by Gasteiger charge is -2.21. The molecule has 172 valence electrons. The average molecular weight is 444 g/mol. The molecule has 0 saturated heterocycles. The van der Waals surface area contributed by atoms with Crippen molar-refractivity contribution in [2.75, 3.05) is 30.9 Å². The molecule has 1 aliphatic rings. The van der Waals surface area contributed by atoms with Crippen LogP contribution in [0.4, 0.5) is 11.8 Å². The van der Waals surface area contributed by atoms with Gasteiger partial charge in [0.2, 0.25) is 11.8 Å². The molecule has 0 radical (unpaired) electrons. The number of furan rings is 1. The molecule has 0 aromatic carbocycles. The van der Waals surface area contributed by atoms with Gasteiger partial charge in [0.15, 0.2) is 5.58 Å². The van der Waals surface area contributed by atoms with Gasteiger partial charge in [0.1, 0.15) is 17.7 Å². The fourth-order valence-corrected chi connectivity index (χ4v) is 4.23. The highest BCUT2D eigenvalue weighted by atomic mass is 16.5. The van der Waals surface area contributed by atoms with Gasteiger partial charge in [-0.15, -0.1) is 0 Å². The molecule has 0 amide bonds. The maximum Gasteiger partial charge on any atom is 0.224 e. The Kier molecular flexibility index (Phi) is 6.18. The number of aromatic nitrogens is 3. The number of pyridine rings is 1. The summed E-state index contributed by atoms with van der Waals surface area (Å²) in [6.45, 7) is 5.92. The Hall–Kier alpha value is -2.95. The maximum atomic E-state index is 10.5. The molecule has 32 heavy (non-hydrogen) atoms. The van der Waals surface area contributed by atoms with Crippen molar-refractivity contribution in [2.24, 2.45) is 5.92 Å². The van der Waals surface area contributed by atoms with E-state index in [-0.39, 0.29) is 6.61 Å². The van der Waals surface area contributed by atoms with E-state index in [9.17, 15) is 15.3 Å². The maximum absolute atomic E-state index is 10.5. The zero-order valence-corrected chi connectivity index (χ0v) is 18.6. The Morgan fingerprint density at radius 1 is 1.12 bits per heavy atom. The SMILES string of the molecule is CCOc1cc2cc(-c3c(C)nc(NC)nc3N[C@@H]3C[C@H](CO)[C@@H](O)[C@H]3O)oc2c(C)n1. The van der Waals surface area contributed by atoms with Gasteiger partial charge in [0.05, 0.1) is 35.7 Å². The predicted octanol–water partition coefficient (Wildman–Crippen LogP) is 1.86. The molecule has 1 aliphatic carbocycles. The second-order valence-electron chi connectivity index (χ2n) is 8.02. The molecule has 1 saturated carbocycles. The third kappa shape index (κ3) is 3.96. The number of aliphatic hydroxyl groups is 3. The Morgan fingerprint density at radius 3 is 2.56 bits per heavy atom. The van der Waals surface area contributed by atoms with Crippen LogP contribution in [0.3, 0.4) is 0 Å². The van der Waals surface area contributed by atoms with Crippen molar-refractivity contribution in [1.82, 2.24) is 15.0 Å². The molecule has 1 fully saturated rings. The number of fused-ring (bicyclic) bond motifs is 1. The van der Waals surface area contributed by atoms with Gasteiger partial charge in [-0.1, -0.05) is 0 Å². The molecular weight excluding hydrogens is 414 g/mol. The molecule has 0 unspecified atom stereocenters. The van der Waals surface area contributed by atoms with Gasteiger partial charge in [0, 0.05) is 31.0 Å². The summed E-state index contributed by atoms with van der Waals surface area (Å²) in [5.41, 5.74) is 2.67. The van der Waals surface area contributed by atoms with Crippen molar-refractivity contribution in [1.29, 1.82) is 0 Å². The lowest BCUT2D eigenvalue weighted by atomic mass is 10.1. The lowest BCUT2D eigenvalue weighted by Crippen LogP contribution is -2.35. The number of aryl methyl sites for hydroxylation is 2. The van der Waals surface area contributed by atoms with Gasteiger partial charge in [-0.05, 0) is 33.3 Å². The Balaban J connectivity index is 1.78. The first-order chi connectivity index (χ1) is 15.4. The summed E-state index contributed by atoms with van der Waals surface area (Å²) in [5.74, 6) is 1.54. The first kappa shape index (κ1) is 22.3. The van der Waals surface area contributed by atoms with Crippen LogP contribution < -0.4 is 15.4 Å². The van der Waals surface area contributed by atoms with Crippen molar-refractivity contribution in [3.8, 4) is 17.2 Å².